The Morgan fingerprint density at radius 2 is 1.69 bits per heavy atom. The molecule has 1 N–H and O–H groups in total. The van der Waals surface area contributed by atoms with Crippen molar-refractivity contribution in [1.82, 2.24) is 4.72 Å². The van der Waals surface area contributed by atoms with Crippen molar-refractivity contribution in [3.8, 4) is 0 Å². The lowest BCUT2D eigenvalue weighted by Gasteiger charge is -2.27. The molecule has 0 saturated carbocycles. The summed E-state index contributed by atoms with van der Waals surface area (Å²) in [7, 11) is -3.48. The van der Waals surface area contributed by atoms with E-state index >= 15 is 0 Å². The summed E-state index contributed by atoms with van der Waals surface area (Å²) >= 11 is 6.61. The number of aryl methyl sites for hydroxylation is 1. The van der Waals surface area contributed by atoms with Crippen LogP contribution in [0.3, 0.4) is 0 Å². The Balaban J connectivity index is 1.76. The minimum atomic E-state index is -3.48. The van der Waals surface area contributed by atoms with E-state index in [9.17, 15) is 8.42 Å². The SMILES string of the molecule is CC(C)(C)CCNS(=O)(=O)c1ccc2c(c1)CCC(c1cc(CC(C)(C)C)ccc1Cl)C2. The quantitative estimate of drug-likeness (QED) is 0.493. The molecule has 2 aromatic rings. The van der Waals surface area contributed by atoms with Crippen molar-refractivity contribution in [3.05, 3.63) is 63.7 Å². The van der Waals surface area contributed by atoms with Crippen molar-refractivity contribution in [3.63, 3.8) is 0 Å². The highest BCUT2D eigenvalue weighted by molar-refractivity contribution is 7.89. The molecule has 0 radical (unpaired) electrons. The van der Waals surface area contributed by atoms with Gasteiger partial charge in [0.25, 0.3) is 0 Å². The van der Waals surface area contributed by atoms with Crippen LogP contribution in [-0.4, -0.2) is 15.0 Å². The van der Waals surface area contributed by atoms with Gasteiger partial charge in [0.15, 0.2) is 0 Å². The van der Waals surface area contributed by atoms with Crippen molar-refractivity contribution >= 4 is 21.6 Å². The Kier molecular flexibility index (Phi) is 7.49. The molecule has 0 aromatic heterocycles. The second kappa shape index (κ2) is 9.48. The summed E-state index contributed by atoms with van der Waals surface area (Å²) in [5.74, 6) is 0.363. The number of hydrogen-bond donors (Lipinski definition) is 1. The maximum Gasteiger partial charge on any atom is 0.240 e. The van der Waals surface area contributed by atoms with Crippen LogP contribution in [0.4, 0.5) is 0 Å². The number of fused-ring (bicyclic) bond motifs is 1. The van der Waals surface area contributed by atoms with Crippen LogP contribution in [0.2, 0.25) is 5.02 Å². The molecule has 1 aliphatic carbocycles. The molecule has 0 aliphatic heterocycles. The van der Waals surface area contributed by atoms with Crippen LogP contribution in [0, 0.1) is 10.8 Å². The molecule has 0 saturated heterocycles. The van der Waals surface area contributed by atoms with Gasteiger partial charge in [0.05, 0.1) is 4.90 Å². The fraction of sp³-hybridized carbons (Fsp3) is 0.556. The van der Waals surface area contributed by atoms with E-state index in [1.807, 2.05) is 18.2 Å². The van der Waals surface area contributed by atoms with Crippen LogP contribution in [0.25, 0.3) is 0 Å². The molecule has 1 atom stereocenters. The Labute approximate surface area is 200 Å². The number of nitrogens with one attached hydrogen (secondary N) is 1. The summed E-state index contributed by atoms with van der Waals surface area (Å²) < 4.78 is 28.3. The normalized spacial score (nSPS) is 17.3. The number of sulfonamides is 1. The summed E-state index contributed by atoms with van der Waals surface area (Å²) in [6.45, 7) is 13.5. The predicted octanol–water partition coefficient (Wildman–Crippen LogP) is 6.92. The molecular formula is C27H38ClNO2S. The van der Waals surface area contributed by atoms with Gasteiger partial charge in [-0.05, 0) is 89.3 Å². The summed E-state index contributed by atoms with van der Waals surface area (Å²) in [4.78, 5) is 0.369. The van der Waals surface area contributed by atoms with E-state index in [1.165, 1.54) is 16.7 Å². The Morgan fingerprint density at radius 3 is 2.34 bits per heavy atom. The van der Waals surface area contributed by atoms with Gasteiger partial charge in [0.2, 0.25) is 10.0 Å². The van der Waals surface area contributed by atoms with Gasteiger partial charge in [0, 0.05) is 11.6 Å². The number of rotatable bonds is 6. The first-order chi connectivity index (χ1) is 14.7. The lowest BCUT2D eigenvalue weighted by Crippen LogP contribution is -2.27. The second-order valence-electron chi connectivity index (χ2n) is 11.7. The minimum absolute atomic E-state index is 0.0961. The van der Waals surface area contributed by atoms with Crippen LogP contribution in [-0.2, 0) is 29.3 Å². The van der Waals surface area contributed by atoms with Gasteiger partial charge < -0.3 is 0 Å². The van der Waals surface area contributed by atoms with Crippen molar-refractivity contribution in [2.75, 3.05) is 6.54 Å². The minimum Gasteiger partial charge on any atom is -0.211 e. The first kappa shape index (κ1) is 25.3. The van der Waals surface area contributed by atoms with Crippen LogP contribution >= 0.6 is 11.6 Å². The summed E-state index contributed by atoms with van der Waals surface area (Å²) in [5.41, 5.74) is 5.24. The zero-order valence-corrected chi connectivity index (χ0v) is 22.0. The number of benzene rings is 2. The van der Waals surface area contributed by atoms with Gasteiger partial charge in [-0.1, -0.05) is 71.3 Å². The van der Waals surface area contributed by atoms with Crippen LogP contribution in [0.5, 0.6) is 0 Å². The molecule has 3 nitrogen and oxygen atoms in total. The summed E-state index contributed by atoms with van der Waals surface area (Å²) in [5, 5.41) is 0.832. The van der Waals surface area contributed by atoms with E-state index < -0.39 is 10.0 Å². The molecular weight excluding hydrogens is 438 g/mol. The highest BCUT2D eigenvalue weighted by atomic mass is 35.5. The Bertz CT molecular complexity index is 1060. The molecule has 0 fully saturated rings. The van der Waals surface area contributed by atoms with E-state index in [0.717, 1.165) is 42.7 Å². The number of hydrogen-bond acceptors (Lipinski definition) is 2. The standard InChI is InChI=1S/C27H38ClNO2S/c1-26(2,3)13-14-29-32(30,31)23-11-10-20-16-22(9-8-21(20)17-23)24-15-19(7-12-25(24)28)18-27(4,5)6/h7,10-12,15,17,22,29H,8-9,13-14,16,18H2,1-6H3. The highest BCUT2D eigenvalue weighted by Gasteiger charge is 2.25. The largest absolute Gasteiger partial charge is 0.240 e. The maximum absolute atomic E-state index is 12.8. The predicted molar refractivity (Wildman–Crippen MR) is 135 cm³/mol. The third-order valence-electron chi connectivity index (χ3n) is 6.12. The molecule has 0 amide bonds. The third-order valence-corrected chi connectivity index (χ3v) is 7.92. The topological polar surface area (TPSA) is 46.2 Å². The van der Waals surface area contributed by atoms with Crippen LogP contribution < -0.4 is 4.72 Å². The summed E-state index contributed by atoms with van der Waals surface area (Å²) in [6.07, 6.45) is 4.56. The first-order valence-electron chi connectivity index (χ1n) is 11.6. The van der Waals surface area contributed by atoms with Crippen molar-refractivity contribution in [1.29, 1.82) is 0 Å². The van der Waals surface area contributed by atoms with E-state index in [-0.39, 0.29) is 10.8 Å². The molecule has 0 spiro atoms. The van der Waals surface area contributed by atoms with E-state index in [2.05, 4.69) is 58.4 Å². The van der Waals surface area contributed by atoms with Crippen LogP contribution in [0.1, 0.15) is 82.6 Å². The zero-order chi connectivity index (χ0) is 23.7. The maximum atomic E-state index is 12.8. The fourth-order valence-electron chi connectivity index (χ4n) is 4.44. The Hall–Kier alpha value is -1.36. The van der Waals surface area contributed by atoms with Gasteiger partial charge in [-0.15, -0.1) is 0 Å². The van der Waals surface area contributed by atoms with Gasteiger partial charge >= 0.3 is 0 Å². The van der Waals surface area contributed by atoms with Gasteiger partial charge in [0.1, 0.15) is 0 Å². The van der Waals surface area contributed by atoms with E-state index in [4.69, 9.17) is 11.6 Å². The first-order valence-corrected chi connectivity index (χ1v) is 13.5. The second-order valence-corrected chi connectivity index (χ2v) is 13.8. The monoisotopic (exact) mass is 475 g/mol. The molecule has 0 bridgehead atoms. The highest BCUT2D eigenvalue weighted by Crippen LogP contribution is 2.38. The third kappa shape index (κ3) is 6.82. The van der Waals surface area contributed by atoms with Crippen molar-refractivity contribution < 1.29 is 8.42 Å². The summed E-state index contributed by atoms with van der Waals surface area (Å²) in [6, 6.07) is 12.1. The fourth-order valence-corrected chi connectivity index (χ4v) is 5.79. The average Bonchev–Trinajstić information content (AvgIpc) is 2.66. The van der Waals surface area contributed by atoms with Crippen molar-refractivity contribution in [2.24, 2.45) is 10.8 Å². The molecule has 0 heterocycles. The molecule has 2 aromatic carbocycles. The lowest BCUT2D eigenvalue weighted by atomic mass is 9.79. The Morgan fingerprint density at radius 1 is 0.969 bits per heavy atom. The molecule has 5 heteroatoms. The van der Waals surface area contributed by atoms with Crippen molar-refractivity contribution in [2.45, 2.75) is 84.5 Å². The van der Waals surface area contributed by atoms with E-state index in [0.29, 0.717) is 17.4 Å². The molecule has 176 valence electrons. The van der Waals surface area contributed by atoms with Gasteiger partial charge in [-0.25, -0.2) is 13.1 Å². The molecule has 1 unspecified atom stereocenters. The lowest BCUT2D eigenvalue weighted by molar-refractivity contribution is 0.378. The van der Waals surface area contributed by atoms with Gasteiger partial charge in [-0.3, -0.25) is 0 Å². The molecule has 3 rings (SSSR count). The van der Waals surface area contributed by atoms with Crippen LogP contribution in [0.15, 0.2) is 41.3 Å². The molecule has 32 heavy (non-hydrogen) atoms. The zero-order valence-electron chi connectivity index (χ0n) is 20.4. The van der Waals surface area contributed by atoms with E-state index in [1.54, 1.807) is 6.07 Å². The smallest absolute Gasteiger partial charge is 0.211 e. The van der Waals surface area contributed by atoms with Gasteiger partial charge in [-0.2, -0.15) is 0 Å². The number of halogens is 1. The average molecular weight is 476 g/mol. The molecule has 1 aliphatic rings.